The van der Waals surface area contributed by atoms with Crippen molar-refractivity contribution in [1.82, 2.24) is 10.6 Å². The number of para-hydroxylation sites is 1. The average Bonchev–Trinajstić information content (AvgIpc) is 2.95. The molecule has 0 fully saturated rings. The van der Waals surface area contributed by atoms with Gasteiger partial charge in [-0.1, -0.05) is 78.4 Å². The van der Waals surface area contributed by atoms with Crippen LogP contribution in [0.25, 0.3) is 0 Å². The summed E-state index contributed by atoms with van der Waals surface area (Å²) in [6.07, 6.45) is -0.970. The van der Waals surface area contributed by atoms with Gasteiger partial charge in [0, 0.05) is 18.2 Å². The molecule has 1 heterocycles. The van der Waals surface area contributed by atoms with Crippen LogP contribution in [0.3, 0.4) is 0 Å². The number of nitrogens with zero attached hydrogens (tertiary/aromatic N) is 2. The molecule has 7 heteroatoms. The fourth-order valence-corrected chi connectivity index (χ4v) is 4.07. The number of hydrogen-bond donors (Lipinski definition) is 2. The number of anilines is 1. The van der Waals surface area contributed by atoms with Crippen molar-refractivity contribution in [3.8, 4) is 0 Å². The van der Waals surface area contributed by atoms with Crippen LogP contribution in [0.15, 0.2) is 83.9 Å². The molecule has 2 N–H and O–H groups in total. The maximum Gasteiger partial charge on any atom is 0.272 e. The molecule has 0 bridgehead atoms. The Morgan fingerprint density at radius 3 is 2.46 bits per heavy atom. The van der Waals surface area contributed by atoms with Gasteiger partial charge in [-0.05, 0) is 25.5 Å². The van der Waals surface area contributed by atoms with Crippen molar-refractivity contribution in [3.63, 3.8) is 0 Å². The van der Waals surface area contributed by atoms with Gasteiger partial charge in [0.1, 0.15) is 6.04 Å². The van der Waals surface area contributed by atoms with E-state index in [1.807, 2.05) is 85.8 Å². The molecular weight excluding hydrogens is 440 g/mol. The minimum atomic E-state index is -1.13. The molecule has 0 aliphatic carbocycles. The predicted molar refractivity (Wildman–Crippen MR) is 136 cm³/mol. The van der Waals surface area contributed by atoms with E-state index in [4.69, 9.17) is 0 Å². The van der Waals surface area contributed by atoms with Gasteiger partial charge in [-0.25, -0.2) is 4.99 Å². The Hall–Kier alpha value is -4.26. The van der Waals surface area contributed by atoms with E-state index >= 15 is 0 Å². The number of aliphatic imine (C=N–C) groups is 1. The number of benzene rings is 3. The maximum atomic E-state index is 13.3. The molecule has 0 unspecified atom stereocenters. The lowest BCUT2D eigenvalue weighted by molar-refractivity contribution is -0.130. The maximum absolute atomic E-state index is 13.3. The highest BCUT2D eigenvalue weighted by atomic mass is 16.2. The van der Waals surface area contributed by atoms with E-state index in [-0.39, 0.29) is 18.2 Å². The van der Waals surface area contributed by atoms with Gasteiger partial charge in [0.15, 0.2) is 0 Å². The molecule has 7 nitrogen and oxygen atoms in total. The van der Waals surface area contributed by atoms with Crippen LogP contribution in [-0.4, -0.2) is 42.7 Å². The molecule has 3 aromatic carbocycles. The standard InChI is InChI=1S/C28H28N4O3/c1-18-10-9-11-20(16-18)17-24(33)29-19(2)27(34)31-26-28(35)32(3)23-15-8-7-14-22(23)25(30-26)21-12-5-4-6-13-21/h4-16,19,26H,17H2,1-3H3,(H,29,33)(H,31,34)/t19-,26+/m0/s1. The van der Waals surface area contributed by atoms with E-state index in [9.17, 15) is 14.4 Å². The molecule has 2 atom stereocenters. The SMILES string of the molecule is Cc1cccc(CC(=O)N[C@@H](C)C(=O)N[C@H]2N=C(c3ccccc3)c3ccccc3N(C)C2=O)c1. The zero-order valence-corrected chi connectivity index (χ0v) is 20.0. The monoisotopic (exact) mass is 468 g/mol. The summed E-state index contributed by atoms with van der Waals surface area (Å²) in [5.41, 5.74) is 4.88. The molecule has 0 saturated heterocycles. The molecule has 178 valence electrons. The van der Waals surface area contributed by atoms with E-state index in [2.05, 4.69) is 15.6 Å². The summed E-state index contributed by atoms with van der Waals surface area (Å²) in [7, 11) is 1.66. The Balaban J connectivity index is 1.54. The van der Waals surface area contributed by atoms with Gasteiger partial charge in [-0.3, -0.25) is 14.4 Å². The first-order valence-corrected chi connectivity index (χ1v) is 11.5. The van der Waals surface area contributed by atoms with E-state index in [1.54, 1.807) is 14.0 Å². The lowest BCUT2D eigenvalue weighted by atomic mass is 10.0. The second-order valence-electron chi connectivity index (χ2n) is 8.62. The highest BCUT2D eigenvalue weighted by molar-refractivity contribution is 6.20. The second-order valence-corrected chi connectivity index (χ2v) is 8.62. The van der Waals surface area contributed by atoms with Crippen LogP contribution in [-0.2, 0) is 20.8 Å². The van der Waals surface area contributed by atoms with Gasteiger partial charge < -0.3 is 15.5 Å². The normalized spacial score (nSPS) is 16.0. The number of hydrogen-bond acceptors (Lipinski definition) is 4. The molecule has 0 saturated carbocycles. The number of carbonyl (C=O) groups excluding carboxylic acids is 3. The van der Waals surface area contributed by atoms with E-state index in [1.165, 1.54) is 4.90 Å². The zero-order valence-electron chi connectivity index (χ0n) is 20.0. The molecular formula is C28H28N4O3. The molecule has 4 rings (SSSR count). The van der Waals surface area contributed by atoms with E-state index in [0.717, 1.165) is 22.3 Å². The minimum absolute atomic E-state index is 0.163. The number of aryl methyl sites for hydroxylation is 1. The summed E-state index contributed by atoms with van der Waals surface area (Å²) in [5.74, 6) is -1.13. The summed E-state index contributed by atoms with van der Waals surface area (Å²) in [5, 5.41) is 5.43. The van der Waals surface area contributed by atoms with Crippen molar-refractivity contribution in [2.75, 3.05) is 11.9 Å². The third kappa shape index (κ3) is 5.46. The molecule has 0 spiro atoms. The van der Waals surface area contributed by atoms with Crippen molar-refractivity contribution >= 4 is 29.1 Å². The van der Waals surface area contributed by atoms with Gasteiger partial charge >= 0.3 is 0 Å². The van der Waals surface area contributed by atoms with Crippen molar-refractivity contribution in [2.24, 2.45) is 4.99 Å². The van der Waals surface area contributed by atoms with Crippen molar-refractivity contribution in [3.05, 3.63) is 101 Å². The van der Waals surface area contributed by atoms with Crippen molar-refractivity contribution < 1.29 is 14.4 Å². The van der Waals surface area contributed by atoms with Crippen molar-refractivity contribution in [1.29, 1.82) is 0 Å². The molecule has 1 aliphatic rings. The first kappa shape index (κ1) is 23.9. The summed E-state index contributed by atoms with van der Waals surface area (Å²) < 4.78 is 0. The van der Waals surface area contributed by atoms with Crippen LogP contribution in [0.1, 0.15) is 29.2 Å². The fourth-order valence-electron chi connectivity index (χ4n) is 4.07. The van der Waals surface area contributed by atoms with Crippen molar-refractivity contribution in [2.45, 2.75) is 32.5 Å². The smallest absolute Gasteiger partial charge is 0.272 e. The van der Waals surface area contributed by atoms with E-state index < -0.39 is 18.1 Å². The Kier molecular flexibility index (Phi) is 7.06. The van der Waals surface area contributed by atoms with Crippen LogP contribution in [0.5, 0.6) is 0 Å². The number of benzodiazepines with no additional fused rings is 1. The molecule has 1 aliphatic heterocycles. The molecule has 3 aromatic rings. The van der Waals surface area contributed by atoms with Gasteiger partial charge in [0.25, 0.3) is 5.91 Å². The zero-order chi connectivity index (χ0) is 24.9. The fraction of sp³-hybridized carbons (Fsp3) is 0.214. The van der Waals surface area contributed by atoms with Crippen LogP contribution in [0.4, 0.5) is 5.69 Å². The second kappa shape index (κ2) is 10.3. The lowest BCUT2D eigenvalue weighted by Crippen LogP contribution is -2.52. The first-order valence-electron chi connectivity index (χ1n) is 11.5. The third-order valence-electron chi connectivity index (χ3n) is 5.89. The summed E-state index contributed by atoms with van der Waals surface area (Å²) >= 11 is 0. The molecule has 35 heavy (non-hydrogen) atoms. The quantitative estimate of drug-likeness (QED) is 0.583. The molecule has 0 radical (unpaired) electrons. The van der Waals surface area contributed by atoms with Crippen LogP contribution < -0.4 is 15.5 Å². The Bertz CT molecular complexity index is 1290. The Labute approximate surface area is 204 Å². The van der Waals surface area contributed by atoms with Gasteiger partial charge in [-0.15, -0.1) is 0 Å². The summed E-state index contributed by atoms with van der Waals surface area (Å²) in [6, 6.07) is 23.9. The number of fused-ring (bicyclic) bond motifs is 1. The van der Waals surface area contributed by atoms with Crippen LogP contribution in [0.2, 0.25) is 0 Å². The van der Waals surface area contributed by atoms with Crippen LogP contribution in [0, 0.1) is 6.92 Å². The average molecular weight is 469 g/mol. The topological polar surface area (TPSA) is 90.9 Å². The van der Waals surface area contributed by atoms with Crippen LogP contribution >= 0.6 is 0 Å². The third-order valence-corrected chi connectivity index (χ3v) is 5.89. The minimum Gasteiger partial charge on any atom is -0.344 e. The summed E-state index contributed by atoms with van der Waals surface area (Å²) in [4.78, 5) is 44.9. The molecule has 0 aromatic heterocycles. The Morgan fingerprint density at radius 2 is 1.71 bits per heavy atom. The number of nitrogens with one attached hydrogen (secondary N) is 2. The van der Waals surface area contributed by atoms with Gasteiger partial charge in [-0.2, -0.15) is 0 Å². The number of rotatable bonds is 6. The number of likely N-dealkylation sites (N-methyl/N-ethyl adjacent to an activating group) is 1. The lowest BCUT2D eigenvalue weighted by Gasteiger charge is -2.22. The Morgan fingerprint density at radius 1 is 1.00 bits per heavy atom. The number of amides is 3. The molecule has 3 amide bonds. The van der Waals surface area contributed by atoms with Gasteiger partial charge in [0.2, 0.25) is 18.0 Å². The highest BCUT2D eigenvalue weighted by Gasteiger charge is 2.32. The first-order chi connectivity index (χ1) is 16.8. The highest BCUT2D eigenvalue weighted by Crippen LogP contribution is 2.27. The number of carbonyl (C=O) groups is 3. The predicted octanol–water partition coefficient (Wildman–Crippen LogP) is 3.00. The summed E-state index contributed by atoms with van der Waals surface area (Å²) in [6.45, 7) is 3.55. The largest absolute Gasteiger partial charge is 0.344 e. The van der Waals surface area contributed by atoms with E-state index in [0.29, 0.717) is 11.4 Å². The van der Waals surface area contributed by atoms with Gasteiger partial charge in [0.05, 0.1) is 17.8 Å².